The highest BCUT2D eigenvalue weighted by Gasteiger charge is 2.22. The summed E-state index contributed by atoms with van der Waals surface area (Å²) in [6, 6.07) is 0. The van der Waals surface area contributed by atoms with Crippen LogP contribution in [0.4, 0.5) is 17.3 Å². The molecular formula is C9H14N6O3. The minimum absolute atomic E-state index is 0.00884. The highest BCUT2D eigenvalue weighted by atomic mass is 16.6. The molecule has 0 unspecified atom stereocenters. The lowest BCUT2D eigenvalue weighted by molar-refractivity contribution is -0.383. The van der Waals surface area contributed by atoms with Crippen LogP contribution in [-0.2, 0) is 4.79 Å². The number of aromatic nitrogens is 2. The molecular weight excluding hydrogens is 240 g/mol. The number of hydrogen-bond acceptors (Lipinski definition) is 7. The maximum Gasteiger partial charge on any atom is 0.353 e. The molecule has 98 valence electrons. The summed E-state index contributed by atoms with van der Waals surface area (Å²) in [5.74, 6) is -0.167. The number of carbonyl (C=O) groups is 1. The Morgan fingerprint density at radius 2 is 2.00 bits per heavy atom. The van der Waals surface area contributed by atoms with Crippen LogP contribution in [0, 0.1) is 10.1 Å². The van der Waals surface area contributed by atoms with E-state index in [2.05, 4.69) is 25.9 Å². The number of amides is 1. The van der Waals surface area contributed by atoms with Crippen molar-refractivity contribution in [2.24, 2.45) is 0 Å². The first-order valence-electron chi connectivity index (χ1n) is 5.27. The highest BCUT2D eigenvalue weighted by molar-refractivity contribution is 5.81. The zero-order valence-corrected chi connectivity index (χ0v) is 10.1. The van der Waals surface area contributed by atoms with Gasteiger partial charge < -0.3 is 16.0 Å². The zero-order chi connectivity index (χ0) is 13.5. The molecule has 0 saturated carbocycles. The largest absolute Gasteiger partial charge is 0.364 e. The summed E-state index contributed by atoms with van der Waals surface area (Å²) < 4.78 is 0. The normalized spacial score (nSPS) is 9.67. The van der Waals surface area contributed by atoms with Gasteiger partial charge in [0.2, 0.25) is 17.5 Å². The maximum absolute atomic E-state index is 11.1. The fraction of sp³-hybridized carbons (Fsp3) is 0.444. The summed E-state index contributed by atoms with van der Waals surface area (Å²) in [6.45, 7) is 2.19. The van der Waals surface area contributed by atoms with Gasteiger partial charge in [0.15, 0.2) is 0 Å². The summed E-state index contributed by atoms with van der Waals surface area (Å²) in [6.07, 6.45) is 1.19. The van der Waals surface area contributed by atoms with Crippen molar-refractivity contribution < 1.29 is 9.72 Å². The van der Waals surface area contributed by atoms with Crippen molar-refractivity contribution in [1.29, 1.82) is 0 Å². The summed E-state index contributed by atoms with van der Waals surface area (Å²) in [7, 11) is 1.47. The number of anilines is 2. The lowest BCUT2D eigenvalue weighted by atomic mass is 10.4. The summed E-state index contributed by atoms with van der Waals surface area (Å²) in [4.78, 5) is 29.0. The van der Waals surface area contributed by atoms with Crippen molar-refractivity contribution in [3.8, 4) is 0 Å². The van der Waals surface area contributed by atoms with Crippen LogP contribution in [0.3, 0.4) is 0 Å². The number of nitrogens with zero attached hydrogens (tertiary/aromatic N) is 3. The minimum Gasteiger partial charge on any atom is -0.364 e. The van der Waals surface area contributed by atoms with Crippen molar-refractivity contribution in [2.75, 3.05) is 30.8 Å². The summed E-state index contributed by atoms with van der Waals surface area (Å²) >= 11 is 0. The van der Waals surface area contributed by atoms with Gasteiger partial charge in [-0.25, -0.2) is 9.97 Å². The van der Waals surface area contributed by atoms with Crippen LogP contribution in [0.1, 0.15) is 6.92 Å². The smallest absolute Gasteiger partial charge is 0.353 e. The molecule has 1 aromatic heterocycles. The van der Waals surface area contributed by atoms with Crippen molar-refractivity contribution in [1.82, 2.24) is 15.3 Å². The van der Waals surface area contributed by atoms with E-state index in [9.17, 15) is 14.9 Å². The third kappa shape index (κ3) is 3.27. The van der Waals surface area contributed by atoms with Gasteiger partial charge >= 0.3 is 5.69 Å². The first-order valence-corrected chi connectivity index (χ1v) is 5.27. The van der Waals surface area contributed by atoms with Crippen LogP contribution in [0.5, 0.6) is 0 Å². The monoisotopic (exact) mass is 254 g/mol. The average Bonchev–Trinajstić information content (AvgIpc) is 2.36. The Hall–Kier alpha value is -2.45. The first-order chi connectivity index (χ1) is 8.60. The molecule has 9 nitrogen and oxygen atoms in total. The number of rotatable bonds is 6. The van der Waals surface area contributed by atoms with Gasteiger partial charge in [0, 0.05) is 13.6 Å². The number of carbonyl (C=O) groups excluding carboxylic acids is 1. The van der Waals surface area contributed by atoms with Gasteiger partial charge in [-0.15, -0.1) is 0 Å². The van der Waals surface area contributed by atoms with E-state index in [1.165, 1.54) is 13.4 Å². The Morgan fingerprint density at radius 1 is 1.39 bits per heavy atom. The molecule has 0 spiro atoms. The van der Waals surface area contributed by atoms with Crippen LogP contribution in [0.2, 0.25) is 0 Å². The SMILES string of the molecule is CCNc1ncnc(NCC(=O)NC)c1[N+](=O)[O-]. The van der Waals surface area contributed by atoms with E-state index in [4.69, 9.17) is 0 Å². The van der Waals surface area contributed by atoms with Gasteiger partial charge in [0.1, 0.15) is 6.33 Å². The standard InChI is InChI=1S/C9H14N6O3/c1-3-11-8-7(15(17)18)9(14-5-13-8)12-4-6(16)10-2/h5H,3-4H2,1-2H3,(H,10,16)(H2,11,12,13,14). The molecule has 0 fully saturated rings. The van der Waals surface area contributed by atoms with Crippen LogP contribution < -0.4 is 16.0 Å². The fourth-order valence-corrected chi connectivity index (χ4v) is 1.23. The van der Waals surface area contributed by atoms with Crippen molar-refractivity contribution in [2.45, 2.75) is 6.92 Å². The van der Waals surface area contributed by atoms with E-state index in [1.54, 1.807) is 6.92 Å². The molecule has 0 aliphatic carbocycles. The van der Waals surface area contributed by atoms with E-state index >= 15 is 0 Å². The molecule has 0 radical (unpaired) electrons. The van der Waals surface area contributed by atoms with Crippen LogP contribution in [0.25, 0.3) is 0 Å². The second-order valence-corrected chi connectivity index (χ2v) is 3.23. The highest BCUT2D eigenvalue weighted by Crippen LogP contribution is 2.28. The molecule has 0 atom stereocenters. The molecule has 1 aromatic rings. The van der Waals surface area contributed by atoms with Gasteiger partial charge in [-0.1, -0.05) is 0 Å². The van der Waals surface area contributed by atoms with E-state index in [1.807, 2.05) is 0 Å². The molecule has 1 rings (SSSR count). The Balaban J connectivity index is 2.99. The Labute approximate surface area is 103 Å². The van der Waals surface area contributed by atoms with Gasteiger partial charge in [-0.3, -0.25) is 14.9 Å². The lowest BCUT2D eigenvalue weighted by Crippen LogP contribution is -2.26. The van der Waals surface area contributed by atoms with Gasteiger partial charge in [0.05, 0.1) is 11.5 Å². The predicted octanol–water partition coefficient (Wildman–Crippen LogP) is -0.0255. The molecule has 0 saturated heterocycles. The number of nitro groups is 1. The molecule has 0 aliphatic rings. The zero-order valence-electron chi connectivity index (χ0n) is 10.1. The third-order valence-corrected chi connectivity index (χ3v) is 2.04. The molecule has 3 N–H and O–H groups in total. The summed E-state index contributed by atoms with van der Waals surface area (Å²) in [5, 5.41) is 18.7. The molecule has 1 heterocycles. The van der Waals surface area contributed by atoms with Gasteiger partial charge in [-0.2, -0.15) is 0 Å². The van der Waals surface area contributed by atoms with Crippen LogP contribution in [-0.4, -0.2) is 40.9 Å². The molecule has 1 amide bonds. The first kappa shape index (κ1) is 13.6. The van der Waals surface area contributed by atoms with E-state index in [-0.39, 0.29) is 29.8 Å². The minimum atomic E-state index is -0.593. The second-order valence-electron chi connectivity index (χ2n) is 3.23. The topological polar surface area (TPSA) is 122 Å². The van der Waals surface area contributed by atoms with Gasteiger partial charge in [0.25, 0.3) is 0 Å². The number of likely N-dealkylation sites (N-methyl/N-ethyl adjacent to an activating group) is 1. The Bertz CT molecular complexity index is 450. The molecule has 0 aliphatic heterocycles. The molecule has 0 bridgehead atoms. The second kappa shape index (κ2) is 6.33. The predicted molar refractivity (Wildman–Crippen MR) is 65.4 cm³/mol. The lowest BCUT2D eigenvalue weighted by Gasteiger charge is -2.08. The Morgan fingerprint density at radius 3 is 2.50 bits per heavy atom. The molecule has 0 aromatic carbocycles. The van der Waals surface area contributed by atoms with Crippen molar-refractivity contribution >= 4 is 23.2 Å². The molecule has 9 heteroatoms. The number of nitrogens with one attached hydrogen (secondary N) is 3. The number of hydrogen-bond donors (Lipinski definition) is 3. The van der Waals surface area contributed by atoms with Crippen LogP contribution in [0.15, 0.2) is 6.33 Å². The van der Waals surface area contributed by atoms with E-state index in [0.29, 0.717) is 6.54 Å². The van der Waals surface area contributed by atoms with Crippen LogP contribution >= 0.6 is 0 Å². The maximum atomic E-state index is 11.1. The molecule has 18 heavy (non-hydrogen) atoms. The Kier molecular flexibility index (Phi) is 4.78. The average molecular weight is 254 g/mol. The van der Waals surface area contributed by atoms with Crippen molar-refractivity contribution in [3.05, 3.63) is 16.4 Å². The third-order valence-electron chi connectivity index (χ3n) is 2.04. The van der Waals surface area contributed by atoms with Gasteiger partial charge in [-0.05, 0) is 6.92 Å². The van der Waals surface area contributed by atoms with E-state index < -0.39 is 4.92 Å². The quantitative estimate of drug-likeness (QED) is 0.481. The summed E-state index contributed by atoms with van der Waals surface area (Å²) in [5.41, 5.74) is -0.275. The fourth-order valence-electron chi connectivity index (χ4n) is 1.23. The van der Waals surface area contributed by atoms with E-state index in [0.717, 1.165) is 0 Å². The van der Waals surface area contributed by atoms with Crippen molar-refractivity contribution in [3.63, 3.8) is 0 Å².